The molecule has 4 aliphatic rings. The molecule has 13 heteroatoms. The number of anilines is 1. The topological polar surface area (TPSA) is 121 Å². The molecular formula is C30H33F3N6O4. The molecule has 2 aromatic rings. The minimum absolute atomic E-state index is 0.0299. The van der Waals surface area contributed by atoms with Gasteiger partial charge in [0.2, 0.25) is 0 Å². The Hall–Kier alpha value is -3.92. The van der Waals surface area contributed by atoms with Gasteiger partial charge in [0.15, 0.2) is 5.69 Å². The average Bonchev–Trinajstić information content (AvgIpc) is 3.94. The Labute approximate surface area is 246 Å². The van der Waals surface area contributed by atoms with Crippen LogP contribution in [0, 0.1) is 17.2 Å². The van der Waals surface area contributed by atoms with Gasteiger partial charge in [-0.3, -0.25) is 19.3 Å². The van der Waals surface area contributed by atoms with Crippen molar-refractivity contribution in [2.45, 2.75) is 75.7 Å². The molecule has 3 heterocycles. The second kappa shape index (κ2) is 11.3. The zero-order chi connectivity index (χ0) is 30.5. The number of fused-ring (bicyclic) bond motifs is 1. The van der Waals surface area contributed by atoms with E-state index in [4.69, 9.17) is 9.84 Å². The van der Waals surface area contributed by atoms with Crippen LogP contribution in [-0.2, 0) is 15.7 Å². The van der Waals surface area contributed by atoms with Crippen LogP contribution in [-0.4, -0.2) is 70.8 Å². The third kappa shape index (κ3) is 5.48. The molecule has 2 saturated carbocycles. The number of benzene rings is 1. The van der Waals surface area contributed by atoms with Crippen LogP contribution in [0.3, 0.4) is 0 Å². The number of nitriles is 1. The second-order valence-electron chi connectivity index (χ2n) is 11.7. The number of hydrogen-bond acceptors (Lipinski definition) is 6. The van der Waals surface area contributed by atoms with Gasteiger partial charge in [0, 0.05) is 42.8 Å². The minimum atomic E-state index is -4.63. The van der Waals surface area contributed by atoms with Crippen LogP contribution in [0.25, 0.3) is 0 Å². The van der Waals surface area contributed by atoms with Crippen molar-refractivity contribution in [1.29, 1.82) is 5.26 Å². The van der Waals surface area contributed by atoms with Crippen LogP contribution in [0.2, 0.25) is 0 Å². The number of nitrogens with one attached hydrogen (secondary N) is 1. The SMILES string of the molecule is CCN1C(=O)[C@@H](NC(=O)c2cccc(C(F)(F)F)c2)[C@@H](C2CC2)c2c(C(=O)N(CC#N)C3CC3)nn(C3CCOCC3)c21. The molecule has 10 nitrogen and oxygen atoms in total. The number of halogens is 3. The molecule has 0 unspecified atom stereocenters. The summed E-state index contributed by atoms with van der Waals surface area (Å²) in [6, 6.07) is 4.89. The van der Waals surface area contributed by atoms with E-state index in [1.165, 1.54) is 15.9 Å². The van der Waals surface area contributed by atoms with Crippen molar-refractivity contribution in [3.05, 3.63) is 46.6 Å². The predicted molar refractivity (Wildman–Crippen MR) is 147 cm³/mol. The van der Waals surface area contributed by atoms with Crippen molar-refractivity contribution in [2.24, 2.45) is 5.92 Å². The van der Waals surface area contributed by atoms with Crippen molar-refractivity contribution in [2.75, 3.05) is 31.2 Å². The highest BCUT2D eigenvalue weighted by atomic mass is 19.4. The maximum atomic E-state index is 14.2. The summed E-state index contributed by atoms with van der Waals surface area (Å²) in [5.41, 5.74) is -0.438. The molecule has 3 fully saturated rings. The van der Waals surface area contributed by atoms with Gasteiger partial charge in [0.05, 0.1) is 17.7 Å². The number of alkyl halides is 3. The van der Waals surface area contributed by atoms with E-state index in [9.17, 15) is 32.8 Å². The van der Waals surface area contributed by atoms with Gasteiger partial charge < -0.3 is 15.0 Å². The van der Waals surface area contributed by atoms with Crippen LogP contribution in [0.15, 0.2) is 24.3 Å². The number of carbonyl (C=O) groups is 3. The highest BCUT2D eigenvalue weighted by Gasteiger charge is 2.53. The van der Waals surface area contributed by atoms with Crippen LogP contribution < -0.4 is 10.2 Å². The largest absolute Gasteiger partial charge is 0.416 e. The lowest BCUT2D eigenvalue weighted by Gasteiger charge is -2.39. The first-order valence-corrected chi connectivity index (χ1v) is 14.8. The Bertz CT molecular complexity index is 1470. The zero-order valence-corrected chi connectivity index (χ0v) is 23.8. The molecule has 1 saturated heterocycles. The van der Waals surface area contributed by atoms with E-state index < -0.39 is 35.5 Å². The Morgan fingerprint density at radius 1 is 1.16 bits per heavy atom. The fourth-order valence-electron chi connectivity index (χ4n) is 6.40. The molecule has 3 amide bonds. The van der Waals surface area contributed by atoms with Crippen molar-refractivity contribution >= 4 is 23.5 Å². The van der Waals surface area contributed by atoms with Gasteiger partial charge >= 0.3 is 6.18 Å². The third-order valence-corrected chi connectivity index (χ3v) is 8.81. The molecule has 0 bridgehead atoms. The first kappa shape index (κ1) is 29.2. The van der Waals surface area contributed by atoms with Crippen molar-refractivity contribution in [1.82, 2.24) is 20.0 Å². The third-order valence-electron chi connectivity index (χ3n) is 8.81. The Kier molecular flexibility index (Phi) is 7.66. The van der Waals surface area contributed by atoms with Crippen molar-refractivity contribution < 1.29 is 32.3 Å². The van der Waals surface area contributed by atoms with E-state index in [1.807, 2.05) is 0 Å². The first-order chi connectivity index (χ1) is 20.6. The van der Waals surface area contributed by atoms with Gasteiger partial charge in [0.25, 0.3) is 17.7 Å². The Morgan fingerprint density at radius 3 is 2.49 bits per heavy atom. The molecule has 0 radical (unpaired) electrons. The maximum Gasteiger partial charge on any atom is 0.416 e. The zero-order valence-electron chi connectivity index (χ0n) is 23.8. The first-order valence-electron chi connectivity index (χ1n) is 14.8. The summed E-state index contributed by atoms with van der Waals surface area (Å²) >= 11 is 0. The van der Waals surface area contributed by atoms with Gasteiger partial charge in [0.1, 0.15) is 18.4 Å². The lowest BCUT2D eigenvalue weighted by atomic mass is 9.82. The molecule has 1 aromatic carbocycles. The molecule has 2 aliphatic heterocycles. The van der Waals surface area contributed by atoms with E-state index in [2.05, 4.69) is 11.4 Å². The number of hydrogen-bond donors (Lipinski definition) is 1. The number of rotatable bonds is 8. The van der Waals surface area contributed by atoms with Crippen molar-refractivity contribution in [3.8, 4) is 6.07 Å². The molecule has 43 heavy (non-hydrogen) atoms. The second-order valence-corrected chi connectivity index (χ2v) is 11.7. The normalized spacial score (nSPS) is 22.6. The summed E-state index contributed by atoms with van der Waals surface area (Å²) in [5.74, 6) is -1.69. The molecule has 0 spiro atoms. The molecule has 228 valence electrons. The Morgan fingerprint density at radius 2 is 1.88 bits per heavy atom. The summed E-state index contributed by atoms with van der Waals surface area (Å²) in [6.07, 6.45) is -0.245. The minimum Gasteiger partial charge on any atom is -0.381 e. The van der Waals surface area contributed by atoms with E-state index in [0.717, 1.165) is 43.9 Å². The summed E-state index contributed by atoms with van der Waals surface area (Å²) in [7, 11) is 0. The Balaban J connectivity index is 1.45. The molecule has 2 aliphatic carbocycles. The van der Waals surface area contributed by atoms with Gasteiger partial charge in [-0.05, 0) is 69.6 Å². The number of ether oxygens (including phenoxy) is 1. The van der Waals surface area contributed by atoms with Gasteiger partial charge in [-0.25, -0.2) is 4.68 Å². The standard InChI is InChI=1S/C30H33F3N6O4/c1-2-37-27-23(25(29(42)38(13-12-34)20-8-9-20)36-39(27)21-10-14-43-15-11-21)22(17-6-7-17)24(28(37)41)35-26(40)18-4-3-5-19(16-18)30(31,32)33/h3-5,16-17,20-22,24H,2,6-11,13-15H2,1H3,(H,35,40)/t22-,24-/m0/s1. The summed E-state index contributed by atoms with van der Waals surface area (Å²) in [4.78, 5) is 44.7. The van der Waals surface area contributed by atoms with E-state index in [-0.39, 0.29) is 48.3 Å². The predicted octanol–water partition coefficient (Wildman–Crippen LogP) is 4.04. The average molecular weight is 599 g/mol. The summed E-state index contributed by atoms with van der Waals surface area (Å²) < 4.78 is 47.5. The van der Waals surface area contributed by atoms with E-state index in [0.29, 0.717) is 37.4 Å². The number of likely N-dealkylation sites (N-methyl/N-ethyl adjacent to an activating group) is 1. The molecule has 2 atom stereocenters. The lowest BCUT2D eigenvalue weighted by Crippen LogP contribution is -2.56. The summed E-state index contributed by atoms with van der Waals surface area (Å²) in [5, 5.41) is 17.1. The highest BCUT2D eigenvalue weighted by molar-refractivity contribution is 6.07. The van der Waals surface area contributed by atoms with Gasteiger partial charge in [-0.2, -0.15) is 23.5 Å². The number of nitrogens with zero attached hydrogens (tertiary/aromatic N) is 5. The van der Waals surface area contributed by atoms with E-state index in [1.54, 1.807) is 11.6 Å². The monoisotopic (exact) mass is 598 g/mol. The maximum absolute atomic E-state index is 14.2. The molecular weight excluding hydrogens is 565 g/mol. The van der Waals surface area contributed by atoms with Gasteiger partial charge in [-0.15, -0.1) is 0 Å². The van der Waals surface area contributed by atoms with Crippen LogP contribution in [0.5, 0.6) is 0 Å². The number of amides is 3. The highest BCUT2D eigenvalue weighted by Crippen LogP contribution is 2.52. The number of aromatic nitrogens is 2. The van der Waals surface area contributed by atoms with E-state index >= 15 is 0 Å². The molecule has 1 N–H and O–H groups in total. The fourth-order valence-corrected chi connectivity index (χ4v) is 6.40. The lowest BCUT2D eigenvalue weighted by molar-refractivity contribution is -0.137. The van der Waals surface area contributed by atoms with Gasteiger partial charge in [-0.1, -0.05) is 6.07 Å². The molecule has 1 aromatic heterocycles. The quantitative estimate of drug-likeness (QED) is 0.458. The fraction of sp³-hybridized carbons (Fsp3) is 0.567. The summed E-state index contributed by atoms with van der Waals surface area (Å²) in [6.45, 7) is 2.94. The van der Waals surface area contributed by atoms with Crippen molar-refractivity contribution in [3.63, 3.8) is 0 Å². The van der Waals surface area contributed by atoms with Crippen LogP contribution in [0.4, 0.5) is 19.0 Å². The molecule has 6 rings (SSSR count). The van der Waals surface area contributed by atoms with Crippen LogP contribution >= 0.6 is 0 Å². The number of carbonyl (C=O) groups excluding carboxylic acids is 3. The smallest absolute Gasteiger partial charge is 0.381 e. The van der Waals surface area contributed by atoms with Crippen LogP contribution in [0.1, 0.15) is 89.4 Å².